The molecule has 0 aliphatic carbocycles. The highest BCUT2D eigenvalue weighted by atomic mass is 32.2. The number of carbonyl (C=O) groups is 3. The predicted octanol–water partition coefficient (Wildman–Crippen LogP) is 3.87. The lowest BCUT2D eigenvalue weighted by Crippen LogP contribution is -2.39. The quantitative estimate of drug-likeness (QED) is 0.435. The monoisotopic (exact) mass is 567 g/mol. The minimum atomic E-state index is -0.799. The van der Waals surface area contributed by atoms with Crippen molar-refractivity contribution in [2.45, 2.75) is 42.0 Å². The van der Waals surface area contributed by atoms with Crippen LogP contribution < -0.4 is 14.5 Å². The molecule has 202 valence electrons. The summed E-state index contributed by atoms with van der Waals surface area (Å²) in [6.07, 6.45) is 2.95. The third-order valence-corrected chi connectivity index (χ3v) is 10.2. The van der Waals surface area contributed by atoms with Crippen molar-refractivity contribution < 1.29 is 23.5 Å². The molecule has 0 spiro atoms. The Bertz CT molecular complexity index is 1490. The van der Waals surface area contributed by atoms with Gasteiger partial charge in [-0.05, 0) is 61.2 Å². The summed E-state index contributed by atoms with van der Waals surface area (Å²) in [6, 6.07) is 12.5. The smallest absolute Gasteiger partial charge is 0.308 e. The molecule has 0 radical (unpaired) electrons. The minimum absolute atomic E-state index is 0.116. The second-order valence-corrected chi connectivity index (χ2v) is 12.0. The van der Waals surface area contributed by atoms with Crippen LogP contribution in [0.1, 0.15) is 35.6 Å². The van der Waals surface area contributed by atoms with E-state index >= 15 is 0 Å². The average molecular weight is 568 g/mol. The van der Waals surface area contributed by atoms with Crippen molar-refractivity contribution in [1.82, 2.24) is 9.47 Å². The molecule has 0 saturated carbocycles. The molecule has 11 heteroatoms. The van der Waals surface area contributed by atoms with E-state index in [1.54, 1.807) is 41.3 Å². The summed E-state index contributed by atoms with van der Waals surface area (Å²) in [5.74, 6) is -2.13. The van der Waals surface area contributed by atoms with Gasteiger partial charge in [-0.2, -0.15) is 0 Å². The lowest BCUT2D eigenvalue weighted by Gasteiger charge is -2.31. The Morgan fingerprint density at radius 1 is 0.974 bits per heavy atom. The van der Waals surface area contributed by atoms with Crippen LogP contribution in [0.2, 0.25) is 0 Å². The average Bonchev–Trinajstić information content (AvgIpc) is 3.40. The second-order valence-electron chi connectivity index (χ2n) is 9.87. The maximum atomic E-state index is 13.9. The van der Waals surface area contributed by atoms with Crippen LogP contribution in [-0.2, 0) is 20.9 Å². The molecule has 1 aromatic heterocycles. The fraction of sp³-hybridized carbons (Fsp3) is 0.357. The number of aromatic nitrogens is 1. The SMILES string of the molecule is COc1ccc(N2C(=O)C3Sc4c(sc(=O)n4CC(=O)N4CCCCC4)[C@H](c4ccc(F)cc4)C3C2=O)cc1. The summed E-state index contributed by atoms with van der Waals surface area (Å²) in [4.78, 5) is 57.3. The summed E-state index contributed by atoms with van der Waals surface area (Å²) in [6.45, 7) is 1.22. The first-order valence-electron chi connectivity index (χ1n) is 12.8. The van der Waals surface area contributed by atoms with Gasteiger partial charge in [0.2, 0.25) is 17.7 Å². The van der Waals surface area contributed by atoms with Crippen molar-refractivity contribution in [1.29, 1.82) is 0 Å². The van der Waals surface area contributed by atoms with Crippen LogP contribution in [-0.4, -0.2) is 52.6 Å². The molecule has 8 nitrogen and oxygen atoms in total. The minimum Gasteiger partial charge on any atom is -0.497 e. The normalized spacial score (nSPS) is 22.6. The van der Waals surface area contributed by atoms with E-state index in [1.165, 1.54) is 40.5 Å². The Morgan fingerprint density at radius 2 is 1.67 bits per heavy atom. The third kappa shape index (κ3) is 4.47. The van der Waals surface area contributed by atoms with Gasteiger partial charge in [0.1, 0.15) is 23.4 Å². The third-order valence-electron chi connectivity index (χ3n) is 7.61. The molecular formula is C28H26FN3O5S2. The standard InChI is InChI=1S/C28H26FN3O5S2/c1-37-19-11-9-18(10-12-19)32-25(34)22-21(16-5-7-17(29)8-6-16)24-27(38-23(22)26(32)35)31(28(36)39-24)15-20(33)30-13-3-2-4-14-30/h5-12,21-23H,2-4,13-15H2,1H3/t21-,22?,23?/m1/s1. The number of fused-ring (bicyclic) bond motifs is 2. The molecule has 2 aromatic carbocycles. The fourth-order valence-electron chi connectivity index (χ4n) is 5.65. The number of piperidine rings is 1. The van der Waals surface area contributed by atoms with Crippen molar-refractivity contribution >= 4 is 46.5 Å². The number of amides is 3. The van der Waals surface area contributed by atoms with Gasteiger partial charge in [0, 0.05) is 23.9 Å². The van der Waals surface area contributed by atoms with Gasteiger partial charge < -0.3 is 9.64 Å². The summed E-state index contributed by atoms with van der Waals surface area (Å²) in [7, 11) is 1.54. The molecule has 2 fully saturated rings. The van der Waals surface area contributed by atoms with Crippen LogP contribution >= 0.6 is 23.1 Å². The van der Waals surface area contributed by atoms with E-state index in [0.29, 0.717) is 40.0 Å². The number of likely N-dealkylation sites (tertiary alicyclic amines) is 1. The number of imide groups is 1. The van der Waals surface area contributed by atoms with Gasteiger partial charge in [0.05, 0.1) is 23.7 Å². The number of methoxy groups -OCH3 is 1. The molecule has 2 unspecified atom stereocenters. The van der Waals surface area contributed by atoms with Crippen molar-refractivity contribution in [3.8, 4) is 5.75 Å². The number of rotatable bonds is 5. The van der Waals surface area contributed by atoms with Gasteiger partial charge in [0.25, 0.3) is 0 Å². The highest BCUT2D eigenvalue weighted by Crippen LogP contribution is 2.53. The molecule has 3 aliphatic rings. The zero-order valence-corrected chi connectivity index (χ0v) is 22.8. The lowest BCUT2D eigenvalue weighted by molar-refractivity contribution is -0.133. The van der Waals surface area contributed by atoms with Crippen LogP contribution in [0.5, 0.6) is 5.75 Å². The summed E-state index contributed by atoms with van der Waals surface area (Å²) in [5.41, 5.74) is 1.07. The van der Waals surface area contributed by atoms with Crippen LogP contribution in [0.3, 0.4) is 0 Å². The Balaban J connectivity index is 1.42. The molecule has 2 saturated heterocycles. The Labute approximate surface area is 232 Å². The van der Waals surface area contributed by atoms with E-state index in [1.807, 2.05) is 0 Å². The maximum absolute atomic E-state index is 13.9. The number of benzene rings is 2. The van der Waals surface area contributed by atoms with Crippen LogP contribution in [0, 0.1) is 11.7 Å². The summed E-state index contributed by atoms with van der Waals surface area (Å²) >= 11 is 2.17. The zero-order chi connectivity index (χ0) is 27.3. The molecule has 3 atom stereocenters. The van der Waals surface area contributed by atoms with Gasteiger partial charge >= 0.3 is 4.87 Å². The molecule has 39 heavy (non-hydrogen) atoms. The van der Waals surface area contributed by atoms with Crippen LogP contribution in [0.25, 0.3) is 0 Å². The molecule has 0 N–H and O–H groups in total. The Morgan fingerprint density at radius 3 is 2.33 bits per heavy atom. The number of hydrogen-bond donors (Lipinski definition) is 0. The van der Waals surface area contributed by atoms with E-state index in [2.05, 4.69) is 0 Å². The highest BCUT2D eigenvalue weighted by Gasteiger charge is 2.56. The van der Waals surface area contributed by atoms with Crippen molar-refractivity contribution in [3.63, 3.8) is 0 Å². The maximum Gasteiger partial charge on any atom is 0.308 e. The number of nitrogens with zero attached hydrogens (tertiary/aromatic N) is 3. The van der Waals surface area contributed by atoms with E-state index in [0.717, 1.165) is 30.6 Å². The Kier molecular flexibility index (Phi) is 6.80. The molecule has 3 aromatic rings. The number of thiazole rings is 1. The van der Waals surface area contributed by atoms with Gasteiger partial charge in [-0.15, -0.1) is 0 Å². The van der Waals surface area contributed by atoms with Crippen molar-refractivity contribution in [3.05, 3.63) is 74.5 Å². The van der Waals surface area contributed by atoms with E-state index in [4.69, 9.17) is 4.74 Å². The largest absolute Gasteiger partial charge is 0.497 e. The van der Waals surface area contributed by atoms with Crippen molar-refractivity contribution in [2.75, 3.05) is 25.1 Å². The molecule has 6 rings (SSSR count). The fourth-order valence-corrected chi connectivity index (χ4v) is 8.42. The van der Waals surface area contributed by atoms with Crippen LogP contribution in [0.15, 0.2) is 58.4 Å². The number of thioether (sulfide) groups is 1. The predicted molar refractivity (Wildman–Crippen MR) is 146 cm³/mol. The number of anilines is 1. The number of ether oxygens (including phenoxy) is 1. The van der Waals surface area contributed by atoms with Gasteiger partial charge in [-0.3, -0.25) is 23.7 Å². The summed E-state index contributed by atoms with van der Waals surface area (Å²) in [5, 5.41) is -0.267. The number of carbonyl (C=O) groups excluding carboxylic acids is 3. The number of hydrogen-bond acceptors (Lipinski definition) is 7. The first-order chi connectivity index (χ1) is 18.9. The van der Waals surface area contributed by atoms with E-state index in [-0.39, 0.29) is 29.1 Å². The van der Waals surface area contributed by atoms with E-state index < -0.39 is 22.9 Å². The summed E-state index contributed by atoms with van der Waals surface area (Å²) < 4.78 is 20.5. The Hall–Kier alpha value is -3.44. The molecule has 4 heterocycles. The molecular weight excluding hydrogens is 541 g/mol. The molecule has 3 aliphatic heterocycles. The molecule has 3 amide bonds. The lowest BCUT2D eigenvalue weighted by atomic mass is 9.83. The second kappa shape index (κ2) is 10.3. The van der Waals surface area contributed by atoms with Crippen LogP contribution in [0.4, 0.5) is 10.1 Å². The topological polar surface area (TPSA) is 88.9 Å². The first kappa shape index (κ1) is 25.8. The first-order valence-corrected chi connectivity index (χ1v) is 14.5. The number of halogens is 1. The van der Waals surface area contributed by atoms with Gasteiger partial charge in [-0.25, -0.2) is 9.29 Å². The highest BCUT2D eigenvalue weighted by molar-refractivity contribution is 8.00. The molecule has 0 bridgehead atoms. The van der Waals surface area contributed by atoms with Gasteiger partial charge in [0.15, 0.2) is 0 Å². The van der Waals surface area contributed by atoms with Crippen molar-refractivity contribution in [2.24, 2.45) is 5.92 Å². The zero-order valence-electron chi connectivity index (χ0n) is 21.2. The van der Waals surface area contributed by atoms with E-state index in [9.17, 15) is 23.6 Å². The van der Waals surface area contributed by atoms with Gasteiger partial charge in [-0.1, -0.05) is 35.2 Å².